The third kappa shape index (κ3) is 4.22. The molecule has 1 aromatic rings. The van der Waals surface area contributed by atoms with Crippen LogP contribution < -0.4 is 5.32 Å². The van der Waals surface area contributed by atoms with Gasteiger partial charge in [-0.2, -0.15) is 0 Å². The van der Waals surface area contributed by atoms with Crippen LogP contribution in [0.1, 0.15) is 31.7 Å². The maximum atomic E-state index is 12.2. The van der Waals surface area contributed by atoms with Gasteiger partial charge in [-0.3, -0.25) is 9.78 Å². The summed E-state index contributed by atoms with van der Waals surface area (Å²) < 4.78 is 0. The number of aromatic nitrogens is 1. The Hall–Kier alpha value is -2.11. The number of nitrogens with one attached hydrogen (secondary N) is 1. The molecule has 6 nitrogen and oxygen atoms in total. The highest BCUT2D eigenvalue weighted by Crippen LogP contribution is 2.14. The van der Waals surface area contributed by atoms with E-state index in [1.165, 1.54) is 4.90 Å². The zero-order valence-electron chi connectivity index (χ0n) is 12.3. The summed E-state index contributed by atoms with van der Waals surface area (Å²) in [7, 11) is 0. The average molecular weight is 279 g/mol. The molecule has 0 bridgehead atoms. The summed E-state index contributed by atoms with van der Waals surface area (Å²) in [5, 5.41) is 11.6. The number of aryl methyl sites for hydroxylation is 2. The molecule has 0 saturated carbocycles. The summed E-state index contributed by atoms with van der Waals surface area (Å²) in [5.41, 5.74) is 2.17. The van der Waals surface area contributed by atoms with Crippen molar-refractivity contribution >= 4 is 17.7 Å². The van der Waals surface area contributed by atoms with E-state index in [2.05, 4.69) is 10.3 Å². The summed E-state index contributed by atoms with van der Waals surface area (Å²) in [6, 6.07) is 3.00. The molecule has 2 N–H and O–H groups in total. The molecule has 0 saturated heterocycles. The number of nitrogens with zero attached hydrogens (tertiary/aromatic N) is 2. The number of carbonyl (C=O) groups excluding carboxylic acids is 1. The molecule has 6 heteroatoms. The van der Waals surface area contributed by atoms with Crippen molar-refractivity contribution in [3.63, 3.8) is 0 Å². The van der Waals surface area contributed by atoms with Gasteiger partial charge in [0, 0.05) is 11.7 Å². The van der Waals surface area contributed by atoms with Crippen LogP contribution in [0.3, 0.4) is 0 Å². The van der Waals surface area contributed by atoms with Crippen LogP contribution in [0.5, 0.6) is 0 Å². The molecule has 1 heterocycles. The molecule has 0 spiro atoms. The Labute approximate surface area is 118 Å². The van der Waals surface area contributed by atoms with Crippen LogP contribution in [-0.2, 0) is 4.79 Å². The van der Waals surface area contributed by atoms with Crippen LogP contribution in [0.25, 0.3) is 0 Å². The van der Waals surface area contributed by atoms with Gasteiger partial charge in [0.2, 0.25) is 0 Å². The van der Waals surface area contributed by atoms with E-state index in [0.717, 1.165) is 5.69 Å². The van der Waals surface area contributed by atoms with Crippen LogP contribution in [0, 0.1) is 13.8 Å². The van der Waals surface area contributed by atoms with E-state index in [4.69, 9.17) is 5.11 Å². The minimum Gasteiger partial charge on any atom is -0.480 e. The fraction of sp³-hybridized carbons (Fsp3) is 0.500. The van der Waals surface area contributed by atoms with Crippen LogP contribution >= 0.6 is 0 Å². The summed E-state index contributed by atoms with van der Waals surface area (Å²) >= 11 is 0. The summed E-state index contributed by atoms with van der Waals surface area (Å²) in [6.07, 6.45) is 0.686. The number of amides is 2. The molecule has 1 unspecified atom stereocenters. The smallest absolute Gasteiger partial charge is 0.323 e. The van der Waals surface area contributed by atoms with Gasteiger partial charge < -0.3 is 15.3 Å². The molecule has 1 rings (SSSR count). The molecule has 2 amide bonds. The van der Waals surface area contributed by atoms with Crippen molar-refractivity contribution in [3.8, 4) is 0 Å². The lowest BCUT2D eigenvalue weighted by Gasteiger charge is -2.27. The minimum atomic E-state index is -1.03. The first-order valence-corrected chi connectivity index (χ1v) is 6.58. The van der Waals surface area contributed by atoms with E-state index in [1.807, 2.05) is 20.8 Å². The predicted octanol–water partition coefficient (Wildman–Crippen LogP) is 2.42. The number of aliphatic carboxylic acids is 1. The van der Waals surface area contributed by atoms with Crippen molar-refractivity contribution in [1.82, 2.24) is 9.88 Å². The molecular weight excluding hydrogens is 258 g/mol. The Morgan fingerprint density at radius 2 is 2.05 bits per heavy atom. The lowest BCUT2D eigenvalue weighted by molar-refractivity contribution is -0.138. The molecule has 0 aromatic carbocycles. The molecule has 110 valence electrons. The lowest BCUT2D eigenvalue weighted by atomic mass is 10.2. The number of rotatable bonds is 5. The largest absolute Gasteiger partial charge is 0.480 e. The second-order valence-corrected chi connectivity index (χ2v) is 4.79. The number of carbonyl (C=O) groups is 2. The molecule has 0 fully saturated rings. The highest BCUT2D eigenvalue weighted by atomic mass is 16.4. The van der Waals surface area contributed by atoms with Crippen molar-refractivity contribution in [3.05, 3.63) is 23.5 Å². The zero-order chi connectivity index (χ0) is 15.3. The first-order valence-electron chi connectivity index (χ1n) is 6.58. The molecule has 0 aliphatic carbocycles. The summed E-state index contributed by atoms with van der Waals surface area (Å²) in [4.78, 5) is 28.6. The van der Waals surface area contributed by atoms with Crippen LogP contribution in [-0.4, -0.2) is 39.6 Å². The van der Waals surface area contributed by atoms with Crippen molar-refractivity contribution in [2.75, 3.05) is 11.9 Å². The van der Waals surface area contributed by atoms with E-state index in [1.54, 1.807) is 19.1 Å². The predicted molar refractivity (Wildman–Crippen MR) is 76.8 cm³/mol. The normalized spacial score (nSPS) is 11.8. The molecule has 0 aliphatic rings. The van der Waals surface area contributed by atoms with Gasteiger partial charge >= 0.3 is 12.0 Å². The van der Waals surface area contributed by atoms with Gasteiger partial charge in [-0.25, -0.2) is 4.79 Å². The van der Waals surface area contributed by atoms with Gasteiger partial charge in [0.25, 0.3) is 0 Å². The van der Waals surface area contributed by atoms with Crippen LogP contribution in [0.2, 0.25) is 0 Å². The average Bonchev–Trinajstić information content (AvgIpc) is 2.38. The Kier molecular flexibility index (Phi) is 5.49. The quantitative estimate of drug-likeness (QED) is 0.867. The van der Waals surface area contributed by atoms with E-state index in [-0.39, 0.29) is 12.6 Å². The molecule has 20 heavy (non-hydrogen) atoms. The van der Waals surface area contributed by atoms with Crippen molar-refractivity contribution in [2.24, 2.45) is 0 Å². The number of hydrogen-bond donors (Lipinski definition) is 2. The fourth-order valence-electron chi connectivity index (χ4n) is 1.80. The van der Waals surface area contributed by atoms with Gasteiger partial charge in [-0.15, -0.1) is 0 Å². The highest BCUT2D eigenvalue weighted by Gasteiger charge is 2.22. The van der Waals surface area contributed by atoms with Crippen molar-refractivity contribution < 1.29 is 14.7 Å². The number of hydrogen-bond acceptors (Lipinski definition) is 3. The maximum absolute atomic E-state index is 12.2. The molecular formula is C14H21N3O3. The fourth-order valence-corrected chi connectivity index (χ4v) is 1.80. The van der Waals surface area contributed by atoms with E-state index >= 15 is 0 Å². The van der Waals surface area contributed by atoms with E-state index < -0.39 is 12.0 Å². The number of urea groups is 1. The Bertz CT molecular complexity index is 502. The molecule has 1 aromatic heterocycles. The van der Waals surface area contributed by atoms with E-state index in [9.17, 15) is 9.59 Å². The Morgan fingerprint density at radius 3 is 2.55 bits per heavy atom. The Balaban J connectivity index is 2.87. The van der Waals surface area contributed by atoms with Gasteiger partial charge in [-0.05, 0) is 39.3 Å². The standard InChI is InChI=1S/C14H21N3O3/c1-5-10(3)17(8-13(18)19)14(20)16-12-7-6-9(2)15-11(12)4/h6-7,10H,5,8H2,1-4H3,(H,16,20)(H,18,19). The lowest BCUT2D eigenvalue weighted by Crippen LogP contribution is -2.44. The van der Waals surface area contributed by atoms with Crippen LogP contribution in [0.4, 0.5) is 10.5 Å². The van der Waals surface area contributed by atoms with Crippen molar-refractivity contribution in [2.45, 2.75) is 40.2 Å². The van der Waals surface area contributed by atoms with Gasteiger partial charge in [0.05, 0.1) is 11.4 Å². The molecule has 0 radical (unpaired) electrons. The zero-order valence-corrected chi connectivity index (χ0v) is 12.3. The highest BCUT2D eigenvalue weighted by molar-refractivity contribution is 5.92. The van der Waals surface area contributed by atoms with E-state index in [0.29, 0.717) is 17.8 Å². The van der Waals surface area contributed by atoms with Crippen LogP contribution in [0.15, 0.2) is 12.1 Å². The molecule has 1 atom stereocenters. The maximum Gasteiger partial charge on any atom is 0.323 e. The first kappa shape index (κ1) is 15.9. The van der Waals surface area contributed by atoms with Gasteiger partial charge in [0.1, 0.15) is 6.54 Å². The summed E-state index contributed by atoms with van der Waals surface area (Å²) in [5.74, 6) is -1.03. The minimum absolute atomic E-state index is 0.148. The third-order valence-corrected chi connectivity index (χ3v) is 3.16. The topological polar surface area (TPSA) is 82.5 Å². The van der Waals surface area contributed by atoms with Crippen molar-refractivity contribution in [1.29, 1.82) is 0 Å². The van der Waals surface area contributed by atoms with Gasteiger partial charge in [-0.1, -0.05) is 6.92 Å². The number of anilines is 1. The first-order chi connectivity index (χ1) is 9.35. The molecule has 0 aliphatic heterocycles. The number of carboxylic acids is 1. The third-order valence-electron chi connectivity index (χ3n) is 3.16. The SMILES string of the molecule is CCC(C)N(CC(=O)O)C(=O)Nc1ccc(C)nc1C. The number of pyridine rings is 1. The second kappa shape index (κ2) is 6.88. The monoisotopic (exact) mass is 279 g/mol. The second-order valence-electron chi connectivity index (χ2n) is 4.79. The van der Waals surface area contributed by atoms with Gasteiger partial charge in [0.15, 0.2) is 0 Å². The Morgan fingerprint density at radius 1 is 1.40 bits per heavy atom. The number of carboxylic acid groups (broad SMARTS) is 1. The summed E-state index contributed by atoms with van der Waals surface area (Å²) in [6.45, 7) is 7.08.